The number of hydrogen-bond acceptors (Lipinski definition) is 5. The second-order valence-electron chi connectivity index (χ2n) is 8.71. The Balaban J connectivity index is 1.48. The second kappa shape index (κ2) is 9.90. The lowest BCUT2D eigenvalue weighted by molar-refractivity contribution is -0.167. The summed E-state index contributed by atoms with van der Waals surface area (Å²) in [5.74, 6) is -0.692. The molecule has 0 bridgehead atoms. The Kier molecular flexibility index (Phi) is 7.57. The van der Waals surface area contributed by atoms with Crippen LogP contribution >= 0.6 is 0 Å². The van der Waals surface area contributed by atoms with Gasteiger partial charge in [-0.1, -0.05) is 26.2 Å². The minimum Gasteiger partial charge on any atom is -0.465 e. The Bertz CT molecular complexity index is 499. The molecule has 1 aliphatic heterocycles. The number of ether oxygens (including phenoxy) is 3. The van der Waals surface area contributed by atoms with Crippen molar-refractivity contribution < 1.29 is 23.8 Å². The number of carbonyl (C=O) groups is 2. The van der Waals surface area contributed by atoms with E-state index in [1.54, 1.807) is 0 Å². The van der Waals surface area contributed by atoms with Gasteiger partial charge in [-0.25, -0.2) is 0 Å². The predicted molar refractivity (Wildman–Crippen MR) is 102 cm³/mol. The lowest BCUT2D eigenvalue weighted by atomic mass is 9.79. The highest BCUT2D eigenvalue weighted by Crippen LogP contribution is 2.34. The average molecular weight is 381 g/mol. The van der Waals surface area contributed by atoms with Crippen molar-refractivity contribution >= 4 is 11.9 Å². The van der Waals surface area contributed by atoms with Crippen molar-refractivity contribution in [1.29, 1.82) is 0 Å². The molecule has 0 radical (unpaired) electrons. The van der Waals surface area contributed by atoms with Gasteiger partial charge in [0.1, 0.15) is 6.10 Å². The minimum atomic E-state index is -0.330. The summed E-state index contributed by atoms with van der Waals surface area (Å²) in [6, 6.07) is 0. The van der Waals surface area contributed by atoms with Gasteiger partial charge < -0.3 is 14.2 Å². The molecule has 2 saturated carbocycles. The summed E-state index contributed by atoms with van der Waals surface area (Å²) >= 11 is 0. The molecule has 0 N–H and O–H groups in total. The van der Waals surface area contributed by atoms with Crippen LogP contribution in [0.1, 0.15) is 84.5 Å². The summed E-state index contributed by atoms with van der Waals surface area (Å²) in [6.45, 7) is 4.63. The summed E-state index contributed by atoms with van der Waals surface area (Å²) in [5, 5.41) is 0. The smallest absolute Gasteiger partial charge is 0.310 e. The van der Waals surface area contributed by atoms with Crippen molar-refractivity contribution in [1.82, 2.24) is 0 Å². The molecule has 0 aromatic carbocycles. The van der Waals surface area contributed by atoms with E-state index in [0.29, 0.717) is 24.7 Å². The van der Waals surface area contributed by atoms with Crippen LogP contribution in [0.15, 0.2) is 0 Å². The monoisotopic (exact) mass is 380 g/mol. The molecule has 2 aliphatic carbocycles. The summed E-state index contributed by atoms with van der Waals surface area (Å²) < 4.78 is 16.9. The van der Waals surface area contributed by atoms with E-state index in [1.165, 1.54) is 6.42 Å². The maximum atomic E-state index is 12.7. The van der Waals surface area contributed by atoms with Crippen LogP contribution in [-0.4, -0.2) is 36.9 Å². The van der Waals surface area contributed by atoms with E-state index in [4.69, 9.17) is 14.2 Å². The lowest BCUT2D eigenvalue weighted by Crippen LogP contribution is -2.37. The first-order chi connectivity index (χ1) is 13.1. The Morgan fingerprint density at radius 3 is 2.15 bits per heavy atom. The number of rotatable bonds is 8. The molecule has 27 heavy (non-hydrogen) atoms. The van der Waals surface area contributed by atoms with Gasteiger partial charge in [0.25, 0.3) is 0 Å². The van der Waals surface area contributed by atoms with Gasteiger partial charge in [-0.3, -0.25) is 9.59 Å². The fourth-order valence-corrected chi connectivity index (χ4v) is 4.60. The number of esters is 2. The van der Waals surface area contributed by atoms with E-state index in [2.05, 4.69) is 13.8 Å². The molecule has 0 spiro atoms. The van der Waals surface area contributed by atoms with Crippen LogP contribution in [0.5, 0.6) is 0 Å². The molecule has 3 aliphatic rings. The van der Waals surface area contributed by atoms with Gasteiger partial charge in [-0.05, 0) is 64.2 Å². The quantitative estimate of drug-likeness (QED) is 0.461. The van der Waals surface area contributed by atoms with Gasteiger partial charge in [-0.15, -0.1) is 0 Å². The fraction of sp³-hybridized carbons (Fsp3) is 0.909. The van der Waals surface area contributed by atoms with E-state index < -0.39 is 0 Å². The molecule has 1 heterocycles. The molecule has 0 aromatic rings. The van der Waals surface area contributed by atoms with E-state index in [-0.39, 0.29) is 29.9 Å². The van der Waals surface area contributed by atoms with Crippen molar-refractivity contribution in [2.75, 3.05) is 6.61 Å². The molecule has 0 amide bonds. The summed E-state index contributed by atoms with van der Waals surface area (Å²) in [6.07, 6.45) is 11.5. The first-order valence-corrected chi connectivity index (χ1v) is 11.1. The van der Waals surface area contributed by atoms with Crippen LogP contribution < -0.4 is 0 Å². The van der Waals surface area contributed by atoms with Gasteiger partial charge in [0.05, 0.1) is 30.7 Å². The number of hydrogen-bond donors (Lipinski definition) is 0. The highest BCUT2D eigenvalue weighted by molar-refractivity contribution is 5.82. The van der Waals surface area contributed by atoms with Gasteiger partial charge >= 0.3 is 11.9 Å². The summed E-state index contributed by atoms with van der Waals surface area (Å²) in [7, 11) is 0. The third-order valence-corrected chi connectivity index (χ3v) is 6.65. The average Bonchev–Trinajstić information content (AvgIpc) is 3.40. The molecule has 3 rings (SSSR count). The topological polar surface area (TPSA) is 65.1 Å². The zero-order chi connectivity index (χ0) is 19.2. The molecular formula is C22H36O5. The minimum absolute atomic E-state index is 0.0508. The maximum absolute atomic E-state index is 12.7. The van der Waals surface area contributed by atoms with E-state index in [9.17, 15) is 9.59 Å². The van der Waals surface area contributed by atoms with Crippen LogP contribution in [0.2, 0.25) is 0 Å². The number of epoxide rings is 1. The summed E-state index contributed by atoms with van der Waals surface area (Å²) in [5.41, 5.74) is 0. The molecule has 3 fully saturated rings. The zero-order valence-corrected chi connectivity index (χ0v) is 17.0. The van der Waals surface area contributed by atoms with Crippen molar-refractivity contribution in [3.8, 4) is 0 Å². The Morgan fingerprint density at radius 1 is 0.963 bits per heavy atom. The van der Waals surface area contributed by atoms with Gasteiger partial charge in [0, 0.05) is 0 Å². The van der Waals surface area contributed by atoms with Gasteiger partial charge in [0.15, 0.2) is 0 Å². The first kappa shape index (κ1) is 20.6. The van der Waals surface area contributed by atoms with E-state index in [1.807, 2.05) is 0 Å². The second-order valence-corrected chi connectivity index (χ2v) is 8.71. The molecule has 5 nitrogen and oxygen atoms in total. The predicted octanol–water partition coefficient (Wildman–Crippen LogP) is 4.42. The lowest BCUT2D eigenvalue weighted by Gasteiger charge is -2.31. The Labute approximate surface area is 163 Å². The van der Waals surface area contributed by atoms with Crippen LogP contribution in [0, 0.1) is 17.8 Å². The molecule has 154 valence electrons. The molecule has 5 heteroatoms. The largest absolute Gasteiger partial charge is 0.465 e. The molecule has 1 saturated heterocycles. The zero-order valence-electron chi connectivity index (χ0n) is 17.0. The first-order valence-electron chi connectivity index (χ1n) is 11.1. The molecule has 0 aromatic heterocycles. The third kappa shape index (κ3) is 5.94. The van der Waals surface area contributed by atoms with Crippen molar-refractivity contribution in [3.05, 3.63) is 0 Å². The fourth-order valence-electron chi connectivity index (χ4n) is 4.60. The van der Waals surface area contributed by atoms with Crippen molar-refractivity contribution in [3.63, 3.8) is 0 Å². The SMILES string of the molecule is CCC(COC(=O)C1CCCCC1C(=O)OC1CCCCC1)CC1OC1C. The maximum Gasteiger partial charge on any atom is 0.310 e. The molecular weight excluding hydrogens is 344 g/mol. The highest BCUT2D eigenvalue weighted by Gasteiger charge is 2.40. The molecule has 5 unspecified atom stereocenters. The van der Waals surface area contributed by atoms with Gasteiger partial charge in [0.2, 0.25) is 0 Å². The van der Waals surface area contributed by atoms with Crippen molar-refractivity contribution in [2.24, 2.45) is 17.8 Å². The molecule has 5 atom stereocenters. The number of carbonyl (C=O) groups excluding carboxylic acids is 2. The standard InChI is InChI=1S/C22H36O5/c1-3-16(13-20-15(2)26-20)14-25-21(23)18-11-7-8-12-19(18)22(24)27-17-9-5-4-6-10-17/h15-20H,3-14H2,1-2H3. The Morgan fingerprint density at radius 2 is 1.56 bits per heavy atom. The summed E-state index contributed by atoms with van der Waals surface area (Å²) in [4.78, 5) is 25.4. The van der Waals surface area contributed by atoms with Crippen LogP contribution in [0.3, 0.4) is 0 Å². The Hall–Kier alpha value is -1.10. The normalized spacial score (nSPS) is 32.5. The highest BCUT2D eigenvalue weighted by atomic mass is 16.6. The van der Waals surface area contributed by atoms with E-state index in [0.717, 1.165) is 64.2 Å². The van der Waals surface area contributed by atoms with Crippen molar-refractivity contribution in [2.45, 2.75) is 103 Å². The van der Waals surface area contributed by atoms with Crippen LogP contribution in [0.25, 0.3) is 0 Å². The van der Waals surface area contributed by atoms with Crippen LogP contribution in [-0.2, 0) is 23.8 Å². The van der Waals surface area contributed by atoms with E-state index >= 15 is 0 Å². The van der Waals surface area contributed by atoms with Crippen LogP contribution in [0.4, 0.5) is 0 Å². The third-order valence-electron chi connectivity index (χ3n) is 6.65. The van der Waals surface area contributed by atoms with Gasteiger partial charge in [-0.2, -0.15) is 0 Å².